The quantitative estimate of drug-likeness (QED) is 0.749. The molecule has 2 fully saturated rings. The van der Waals surface area contributed by atoms with Gasteiger partial charge >= 0.3 is 6.09 Å². The minimum absolute atomic E-state index is 0.00461. The molecule has 0 spiro atoms. The second-order valence-electron chi connectivity index (χ2n) is 6.00. The van der Waals surface area contributed by atoms with E-state index in [-0.39, 0.29) is 12.1 Å². The van der Waals surface area contributed by atoms with E-state index in [1.165, 1.54) is 12.8 Å². The Balaban J connectivity index is 1.84. The number of carbonyl (C=O) groups excluding carboxylic acids is 1. The Morgan fingerprint density at radius 2 is 2.00 bits per heavy atom. The number of β-amino-alcohol motifs (C(OH)–C–C–N with tert-alkyl or cyclic N) is 1. The first-order chi connectivity index (χ1) is 7.85. The highest BCUT2D eigenvalue weighted by Crippen LogP contribution is 2.23. The molecule has 1 aliphatic heterocycles. The number of amides is 1. The van der Waals surface area contributed by atoms with Crippen LogP contribution in [0.2, 0.25) is 0 Å². The van der Waals surface area contributed by atoms with E-state index in [2.05, 4.69) is 5.32 Å². The molecule has 2 rings (SSSR count). The van der Waals surface area contributed by atoms with Crippen molar-refractivity contribution in [3.63, 3.8) is 0 Å². The molecule has 1 saturated carbocycles. The van der Waals surface area contributed by atoms with Crippen LogP contribution in [0.15, 0.2) is 0 Å². The Morgan fingerprint density at radius 3 is 2.53 bits per heavy atom. The van der Waals surface area contributed by atoms with Crippen LogP contribution in [0.3, 0.4) is 0 Å². The molecule has 5 heteroatoms. The molecule has 2 N–H and O–H groups in total. The summed E-state index contributed by atoms with van der Waals surface area (Å²) in [7, 11) is 0. The van der Waals surface area contributed by atoms with Crippen LogP contribution in [0.1, 0.15) is 33.6 Å². The van der Waals surface area contributed by atoms with Gasteiger partial charge in [-0.2, -0.15) is 0 Å². The summed E-state index contributed by atoms with van der Waals surface area (Å²) in [5.41, 5.74) is -0.482. The second-order valence-corrected chi connectivity index (χ2v) is 6.00. The summed E-state index contributed by atoms with van der Waals surface area (Å²) < 4.78 is 5.29. The van der Waals surface area contributed by atoms with Crippen molar-refractivity contribution in [1.82, 2.24) is 10.2 Å². The molecule has 0 aromatic heterocycles. The summed E-state index contributed by atoms with van der Waals surface area (Å²) in [6.45, 7) is 6.43. The number of carbonyl (C=O) groups is 1. The maximum Gasteiger partial charge on any atom is 0.410 e. The first-order valence-corrected chi connectivity index (χ1v) is 6.27. The van der Waals surface area contributed by atoms with Gasteiger partial charge in [-0.15, -0.1) is 0 Å². The van der Waals surface area contributed by atoms with Crippen molar-refractivity contribution in [2.45, 2.75) is 57.4 Å². The topological polar surface area (TPSA) is 61.8 Å². The SMILES string of the molecule is CC(C)(C)OC(=O)N1C[C@H](NC2CC2)[C@@H](O)C1. The lowest BCUT2D eigenvalue weighted by Gasteiger charge is -2.24. The summed E-state index contributed by atoms with van der Waals surface area (Å²) in [5.74, 6) is 0. The monoisotopic (exact) mass is 242 g/mol. The summed E-state index contributed by atoms with van der Waals surface area (Å²) >= 11 is 0. The Labute approximate surface area is 102 Å². The van der Waals surface area contributed by atoms with Crippen LogP contribution in [0.4, 0.5) is 4.79 Å². The number of hydrogen-bond acceptors (Lipinski definition) is 4. The van der Waals surface area contributed by atoms with Crippen molar-refractivity contribution < 1.29 is 14.6 Å². The lowest BCUT2D eigenvalue weighted by atomic mass is 10.2. The van der Waals surface area contributed by atoms with Crippen molar-refractivity contribution in [3.05, 3.63) is 0 Å². The van der Waals surface area contributed by atoms with Gasteiger partial charge in [-0.3, -0.25) is 0 Å². The summed E-state index contributed by atoms with van der Waals surface area (Å²) in [6, 6.07) is 0.531. The average Bonchev–Trinajstić information content (AvgIpc) is 2.89. The predicted octanol–water partition coefficient (Wildman–Crippen LogP) is 0.719. The Kier molecular flexibility index (Phi) is 3.32. The van der Waals surface area contributed by atoms with E-state index < -0.39 is 11.7 Å². The van der Waals surface area contributed by atoms with Gasteiger partial charge in [0.25, 0.3) is 0 Å². The maximum atomic E-state index is 11.8. The van der Waals surface area contributed by atoms with Gasteiger partial charge in [-0.1, -0.05) is 0 Å². The molecule has 0 bridgehead atoms. The lowest BCUT2D eigenvalue weighted by Crippen LogP contribution is -2.41. The standard InChI is InChI=1S/C12H22N2O3/c1-12(2,3)17-11(16)14-6-9(10(15)7-14)13-8-4-5-8/h8-10,13,15H,4-7H2,1-3H3/t9-,10-/m0/s1. The maximum absolute atomic E-state index is 11.8. The number of ether oxygens (including phenoxy) is 1. The van der Waals surface area contributed by atoms with Crippen molar-refractivity contribution in [3.8, 4) is 0 Å². The molecule has 5 nitrogen and oxygen atoms in total. The molecule has 1 heterocycles. The van der Waals surface area contributed by atoms with E-state index >= 15 is 0 Å². The van der Waals surface area contributed by atoms with Gasteiger partial charge in [0.2, 0.25) is 0 Å². The molecule has 0 radical (unpaired) electrons. The molecule has 0 unspecified atom stereocenters. The van der Waals surface area contributed by atoms with Crippen LogP contribution in [0, 0.1) is 0 Å². The smallest absolute Gasteiger partial charge is 0.410 e. The summed E-state index contributed by atoms with van der Waals surface area (Å²) in [4.78, 5) is 13.4. The fraction of sp³-hybridized carbons (Fsp3) is 0.917. The van der Waals surface area contributed by atoms with Gasteiger partial charge in [-0.05, 0) is 33.6 Å². The number of likely N-dealkylation sites (tertiary alicyclic amines) is 1. The van der Waals surface area contributed by atoms with E-state index in [0.29, 0.717) is 19.1 Å². The number of rotatable bonds is 2. The highest BCUT2D eigenvalue weighted by atomic mass is 16.6. The molecule has 1 amide bonds. The molecule has 98 valence electrons. The number of hydrogen-bond donors (Lipinski definition) is 2. The third kappa shape index (κ3) is 3.57. The lowest BCUT2D eigenvalue weighted by molar-refractivity contribution is 0.0270. The van der Waals surface area contributed by atoms with Crippen LogP contribution in [-0.2, 0) is 4.74 Å². The minimum Gasteiger partial charge on any atom is -0.444 e. The van der Waals surface area contributed by atoms with Gasteiger partial charge in [0.1, 0.15) is 5.60 Å². The highest BCUT2D eigenvalue weighted by Gasteiger charge is 2.38. The normalized spacial score (nSPS) is 29.5. The van der Waals surface area contributed by atoms with E-state index in [1.807, 2.05) is 20.8 Å². The largest absolute Gasteiger partial charge is 0.444 e. The zero-order valence-electron chi connectivity index (χ0n) is 10.8. The van der Waals surface area contributed by atoms with Crippen molar-refractivity contribution in [2.75, 3.05) is 13.1 Å². The zero-order chi connectivity index (χ0) is 12.6. The molecular weight excluding hydrogens is 220 g/mol. The van der Waals surface area contributed by atoms with Crippen molar-refractivity contribution >= 4 is 6.09 Å². The molecule has 2 atom stereocenters. The van der Waals surface area contributed by atoms with Crippen molar-refractivity contribution in [2.24, 2.45) is 0 Å². The summed E-state index contributed by atoms with van der Waals surface area (Å²) in [6.07, 6.45) is 1.53. The van der Waals surface area contributed by atoms with E-state index in [9.17, 15) is 9.90 Å². The summed E-state index contributed by atoms with van der Waals surface area (Å²) in [5, 5.41) is 13.2. The van der Waals surface area contributed by atoms with Gasteiger partial charge in [-0.25, -0.2) is 4.79 Å². The van der Waals surface area contributed by atoms with Crippen LogP contribution < -0.4 is 5.32 Å². The van der Waals surface area contributed by atoms with Crippen LogP contribution in [0.25, 0.3) is 0 Å². The third-order valence-corrected chi connectivity index (χ3v) is 2.97. The fourth-order valence-corrected chi connectivity index (χ4v) is 1.98. The predicted molar refractivity (Wildman–Crippen MR) is 63.8 cm³/mol. The first kappa shape index (κ1) is 12.6. The molecule has 1 saturated heterocycles. The van der Waals surface area contributed by atoms with E-state index in [0.717, 1.165) is 0 Å². The molecule has 17 heavy (non-hydrogen) atoms. The molecule has 0 aromatic carbocycles. The molecule has 2 aliphatic rings. The Morgan fingerprint density at radius 1 is 1.35 bits per heavy atom. The van der Waals surface area contributed by atoms with Crippen LogP contribution in [0.5, 0.6) is 0 Å². The first-order valence-electron chi connectivity index (χ1n) is 6.27. The third-order valence-electron chi connectivity index (χ3n) is 2.97. The highest BCUT2D eigenvalue weighted by molar-refractivity contribution is 5.68. The minimum atomic E-state index is -0.483. The second kappa shape index (κ2) is 4.46. The molecule has 0 aromatic rings. The molecular formula is C12H22N2O3. The molecule has 1 aliphatic carbocycles. The van der Waals surface area contributed by atoms with Gasteiger partial charge < -0.3 is 20.1 Å². The van der Waals surface area contributed by atoms with Crippen LogP contribution in [-0.4, -0.2) is 53.0 Å². The number of aliphatic hydroxyl groups is 1. The van der Waals surface area contributed by atoms with Gasteiger partial charge in [0.05, 0.1) is 18.7 Å². The number of aliphatic hydroxyl groups excluding tert-OH is 1. The van der Waals surface area contributed by atoms with E-state index in [1.54, 1.807) is 4.90 Å². The zero-order valence-corrected chi connectivity index (χ0v) is 10.8. The van der Waals surface area contributed by atoms with Gasteiger partial charge in [0.15, 0.2) is 0 Å². The van der Waals surface area contributed by atoms with Gasteiger partial charge in [0, 0.05) is 12.6 Å². The average molecular weight is 242 g/mol. The Hall–Kier alpha value is -0.810. The fourth-order valence-electron chi connectivity index (χ4n) is 1.98. The number of nitrogens with one attached hydrogen (secondary N) is 1. The Bertz CT molecular complexity index is 297. The van der Waals surface area contributed by atoms with Crippen LogP contribution >= 0.6 is 0 Å². The van der Waals surface area contributed by atoms with Crippen molar-refractivity contribution in [1.29, 1.82) is 0 Å². The number of nitrogens with zero attached hydrogens (tertiary/aromatic N) is 1. The van der Waals surface area contributed by atoms with E-state index in [4.69, 9.17) is 4.74 Å².